The van der Waals surface area contributed by atoms with Gasteiger partial charge in [-0.25, -0.2) is 13.2 Å². The fourth-order valence-electron chi connectivity index (χ4n) is 1.99. The number of hydrogen-bond donors (Lipinski definition) is 1. The van der Waals surface area contributed by atoms with E-state index < -0.39 is 15.8 Å². The van der Waals surface area contributed by atoms with Crippen LogP contribution in [0.15, 0.2) is 17.0 Å². The molecule has 0 aromatic heterocycles. The number of carboxylic acid groups (broad SMARTS) is 1. The van der Waals surface area contributed by atoms with Crippen molar-refractivity contribution in [2.75, 3.05) is 5.75 Å². The normalized spacial score (nSPS) is 13.2. The van der Waals surface area contributed by atoms with Crippen molar-refractivity contribution in [1.29, 1.82) is 0 Å². The second-order valence-corrected chi connectivity index (χ2v) is 7.56. The van der Waals surface area contributed by atoms with Gasteiger partial charge >= 0.3 is 5.97 Å². The molecule has 112 valence electrons. The van der Waals surface area contributed by atoms with Gasteiger partial charge in [0.15, 0.2) is 9.84 Å². The molecule has 0 heterocycles. The molecule has 0 spiro atoms. The van der Waals surface area contributed by atoms with E-state index in [0.717, 1.165) is 18.9 Å². The Morgan fingerprint density at radius 3 is 2.45 bits per heavy atom. The van der Waals surface area contributed by atoms with Crippen molar-refractivity contribution >= 4 is 39.0 Å². The third kappa shape index (κ3) is 4.11. The van der Waals surface area contributed by atoms with E-state index in [-0.39, 0.29) is 32.2 Å². The molecule has 0 saturated heterocycles. The maximum Gasteiger partial charge on any atom is 0.337 e. The van der Waals surface area contributed by atoms with Gasteiger partial charge in [0, 0.05) is 5.02 Å². The summed E-state index contributed by atoms with van der Waals surface area (Å²) < 4.78 is 24.7. The van der Waals surface area contributed by atoms with E-state index in [0.29, 0.717) is 0 Å². The van der Waals surface area contributed by atoms with Gasteiger partial charge in [0.25, 0.3) is 0 Å². The number of aromatic carboxylic acids is 1. The Morgan fingerprint density at radius 2 is 1.95 bits per heavy atom. The summed E-state index contributed by atoms with van der Waals surface area (Å²) in [5, 5.41) is 8.76. The van der Waals surface area contributed by atoms with E-state index in [2.05, 4.69) is 0 Å². The van der Waals surface area contributed by atoms with Crippen molar-refractivity contribution in [3.05, 3.63) is 27.7 Å². The highest BCUT2D eigenvalue weighted by Crippen LogP contribution is 2.31. The number of rotatable bonds is 6. The first-order valence-electron chi connectivity index (χ1n) is 6.14. The molecule has 7 heteroatoms. The Labute approximate surface area is 128 Å². The summed E-state index contributed by atoms with van der Waals surface area (Å²) in [7, 11) is -3.67. The van der Waals surface area contributed by atoms with E-state index >= 15 is 0 Å². The van der Waals surface area contributed by atoms with Crippen LogP contribution in [0.2, 0.25) is 10.0 Å². The number of hydrogen-bond acceptors (Lipinski definition) is 3. The van der Waals surface area contributed by atoms with Gasteiger partial charge in [-0.05, 0) is 24.5 Å². The van der Waals surface area contributed by atoms with Crippen LogP contribution in [0.5, 0.6) is 0 Å². The third-order valence-electron chi connectivity index (χ3n) is 2.85. The minimum absolute atomic E-state index is 0.0340. The minimum Gasteiger partial charge on any atom is -0.478 e. The van der Waals surface area contributed by atoms with Crippen molar-refractivity contribution in [3.8, 4) is 0 Å². The van der Waals surface area contributed by atoms with Crippen molar-refractivity contribution in [2.24, 2.45) is 5.92 Å². The second-order valence-electron chi connectivity index (χ2n) is 4.75. The number of carbonyl (C=O) groups is 1. The predicted octanol–water partition coefficient (Wildman–Crippen LogP) is 3.90. The fourth-order valence-corrected chi connectivity index (χ4v) is 4.60. The molecule has 1 aromatic carbocycles. The van der Waals surface area contributed by atoms with Crippen LogP contribution in [0, 0.1) is 5.92 Å². The molecule has 1 atom stereocenters. The topological polar surface area (TPSA) is 71.4 Å². The molecule has 4 nitrogen and oxygen atoms in total. The van der Waals surface area contributed by atoms with Gasteiger partial charge in [-0.2, -0.15) is 0 Å². The highest BCUT2D eigenvalue weighted by atomic mass is 35.5. The lowest BCUT2D eigenvalue weighted by Gasteiger charge is -2.13. The van der Waals surface area contributed by atoms with Crippen LogP contribution < -0.4 is 0 Å². The zero-order chi connectivity index (χ0) is 15.5. The molecule has 1 aromatic rings. The van der Waals surface area contributed by atoms with E-state index in [4.69, 9.17) is 28.3 Å². The van der Waals surface area contributed by atoms with Crippen molar-refractivity contribution in [3.63, 3.8) is 0 Å². The first-order chi connectivity index (χ1) is 9.19. The first-order valence-corrected chi connectivity index (χ1v) is 8.55. The van der Waals surface area contributed by atoms with Crippen LogP contribution in [0.4, 0.5) is 0 Å². The average molecular weight is 339 g/mol. The molecule has 1 N–H and O–H groups in total. The maximum absolute atomic E-state index is 12.3. The highest BCUT2D eigenvalue weighted by molar-refractivity contribution is 7.91. The van der Waals surface area contributed by atoms with Gasteiger partial charge in [-0.1, -0.05) is 43.5 Å². The largest absolute Gasteiger partial charge is 0.478 e. The molecule has 0 aliphatic heterocycles. The van der Waals surface area contributed by atoms with Gasteiger partial charge in [-0.3, -0.25) is 0 Å². The number of halogens is 2. The summed E-state index contributed by atoms with van der Waals surface area (Å²) >= 11 is 11.7. The van der Waals surface area contributed by atoms with Crippen molar-refractivity contribution < 1.29 is 18.3 Å². The van der Waals surface area contributed by atoms with Crippen molar-refractivity contribution in [1.82, 2.24) is 0 Å². The lowest BCUT2D eigenvalue weighted by Crippen LogP contribution is -2.15. The van der Waals surface area contributed by atoms with Crippen LogP contribution in [0.3, 0.4) is 0 Å². The Kier molecular flexibility index (Phi) is 5.86. The summed E-state index contributed by atoms with van der Waals surface area (Å²) in [6.45, 7) is 3.80. The van der Waals surface area contributed by atoms with Crippen LogP contribution >= 0.6 is 23.2 Å². The van der Waals surface area contributed by atoms with E-state index in [9.17, 15) is 13.2 Å². The third-order valence-corrected chi connectivity index (χ3v) is 5.59. The Hall–Kier alpha value is -0.780. The predicted molar refractivity (Wildman–Crippen MR) is 79.5 cm³/mol. The molecule has 1 rings (SSSR count). The SMILES string of the molecule is CCCC(C)CS(=O)(=O)c1cc(Cl)cc(C(=O)O)c1Cl. The first kappa shape index (κ1) is 17.3. The van der Waals surface area contributed by atoms with Crippen LogP contribution in [0.25, 0.3) is 0 Å². The second kappa shape index (κ2) is 6.78. The zero-order valence-electron chi connectivity index (χ0n) is 11.2. The summed E-state index contributed by atoms with van der Waals surface area (Å²) in [4.78, 5) is 10.8. The Bertz CT molecular complexity index is 611. The highest BCUT2D eigenvalue weighted by Gasteiger charge is 2.25. The Morgan fingerprint density at radius 1 is 1.35 bits per heavy atom. The molecular weight excluding hydrogens is 323 g/mol. The quantitative estimate of drug-likeness (QED) is 0.853. The number of sulfone groups is 1. The lowest BCUT2D eigenvalue weighted by molar-refractivity contribution is 0.0697. The van der Waals surface area contributed by atoms with Crippen LogP contribution in [0.1, 0.15) is 37.0 Å². The molecule has 0 aliphatic rings. The molecular formula is C13H16Cl2O4S. The molecule has 0 amide bonds. The Balaban J connectivity index is 3.28. The van der Waals surface area contributed by atoms with Gasteiger partial charge in [0.2, 0.25) is 0 Å². The average Bonchev–Trinajstić information content (AvgIpc) is 2.30. The van der Waals surface area contributed by atoms with E-state index in [1.54, 1.807) is 0 Å². The summed E-state index contributed by atoms with van der Waals surface area (Å²) in [6, 6.07) is 2.34. The van der Waals surface area contributed by atoms with Crippen LogP contribution in [-0.4, -0.2) is 25.2 Å². The standard InChI is InChI=1S/C13H16Cl2O4S/c1-3-4-8(2)7-20(18,19)11-6-9(14)5-10(12(11)15)13(16)17/h5-6,8H,3-4,7H2,1-2H3,(H,16,17). The number of carboxylic acids is 1. The van der Waals surface area contributed by atoms with Crippen molar-refractivity contribution in [2.45, 2.75) is 31.6 Å². The summed E-state index contributed by atoms with van der Waals surface area (Å²) in [5.74, 6) is -1.43. The zero-order valence-corrected chi connectivity index (χ0v) is 13.5. The van der Waals surface area contributed by atoms with Gasteiger partial charge in [-0.15, -0.1) is 0 Å². The molecule has 1 unspecified atom stereocenters. The number of benzene rings is 1. The maximum atomic E-state index is 12.3. The fraction of sp³-hybridized carbons (Fsp3) is 0.462. The molecule has 0 radical (unpaired) electrons. The van der Waals surface area contributed by atoms with Gasteiger partial charge < -0.3 is 5.11 Å². The van der Waals surface area contributed by atoms with Gasteiger partial charge in [0.1, 0.15) is 0 Å². The minimum atomic E-state index is -3.67. The lowest BCUT2D eigenvalue weighted by atomic mass is 10.1. The monoisotopic (exact) mass is 338 g/mol. The molecule has 20 heavy (non-hydrogen) atoms. The molecule has 0 fully saturated rings. The molecule has 0 bridgehead atoms. The molecule has 0 saturated carbocycles. The van der Waals surface area contributed by atoms with E-state index in [1.807, 2.05) is 13.8 Å². The van der Waals surface area contributed by atoms with Gasteiger partial charge in [0.05, 0.1) is 21.2 Å². The summed E-state index contributed by atoms with van der Waals surface area (Å²) in [5.41, 5.74) is -0.305. The summed E-state index contributed by atoms with van der Waals surface area (Å²) in [6.07, 6.45) is 1.64. The van der Waals surface area contributed by atoms with Crippen LogP contribution in [-0.2, 0) is 9.84 Å². The smallest absolute Gasteiger partial charge is 0.337 e. The van der Waals surface area contributed by atoms with E-state index in [1.165, 1.54) is 6.07 Å². The molecule has 0 aliphatic carbocycles.